The first-order valence-electron chi connectivity index (χ1n) is 13.7. The van der Waals surface area contributed by atoms with Crippen molar-refractivity contribution in [2.75, 3.05) is 16.0 Å². The predicted octanol–water partition coefficient (Wildman–Crippen LogP) is 5.92. The molecule has 2 amide bonds. The largest absolute Gasteiger partial charge is 0.467 e. The minimum Gasteiger partial charge on any atom is -0.467 e. The van der Waals surface area contributed by atoms with Crippen LogP contribution in [0.15, 0.2) is 65.4 Å². The average Bonchev–Trinajstić information content (AvgIpc) is 3.42. The fourth-order valence-corrected chi connectivity index (χ4v) is 4.32. The Morgan fingerprint density at radius 1 is 0.975 bits per heavy atom. The van der Waals surface area contributed by atoms with E-state index >= 15 is 0 Å². The van der Waals surface area contributed by atoms with E-state index in [0.717, 1.165) is 35.8 Å². The van der Waals surface area contributed by atoms with Crippen molar-refractivity contribution in [3.63, 3.8) is 0 Å². The summed E-state index contributed by atoms with van der Waals surface area (Å²) in [6, 6.07) is 14.7. The van der Waals surface area contributed by atoms with E-state index < -0.39 is 0 Å². The molecule has 3 aromatic heterocycles. The van der Waals surface area contributed by atoms with E-state index in [4.69, 9.17) is 4.42 Å². The predicted molar refractivity (Wildman–Crippen MR) is 153 cm³/mol. The summed E-state index contributed by atoms with van der Waals surface area (Å²) >= 11 is 0. The summed E-state index contributed by atoms with van der Waals surface area (Å²) < 4.78 is 5.31. The number of carbonyl (C=O) groups excluding carboxylic acids is 2. The second-order valence-electron chi connectivity index (χ2n) is 9.99. The number of H-pyrrole nitrogens is 1. The van der Waals surface area contributed by atoms with Gasteiger partial charge in [0.25, 0.3) is 0 Å². The van der Waals surface area contributed by atoms with E-state index in [2.05, 4.69) is 41.4 Å². The number of nitrogens with zero attached hydrogens (tertiary/aromatic N) is 3. The third-order valence-corrected chi connectivity index (χ3v) is 6.58. The number of hydrogen-bond donors (Lipinski definition) is 5. The maximum absolute atomic E-state index is 12.5. The number of anilines is 5. The zero-order chi connectivity index (χ0) is 27.7. The Morgan fingerprint density at radius 3 is 2.60 bits per heavy atom. The standard InChI is InChI=1S/C29H34N8O3/c1-19(24-9-6-16-40-24)31-27(38)10-3-2-4-11-28(39)32-21-7-5-8-22(17-21)33-29-30-15-14-25(35-29)34-26-18-23(36-37-26)20-12-13-20/h5-9,14-20H,2-4,10-13H2,1H3,(H,31,38)(H,32,39)(H3,30,33,34,35,36,37)/t19-/m1/s1. The van der Waals surface area contributed by atoms with Crippen LogP contribution in [0.3, 0.4) is 0 Å². The van der Waals surface area contributed by atoms with Gasteiger partial charge in [-0.1, -0.05) is 12.5 Å². The first-order valence-corrected chi connectivity index (χ1v) is 13.7. The highest BCUT2D eigenvalue weighted by Gasteiger charge is 2.25. The van der Waals surface area contributed by atoms with Gasteiger partial charge in [-0.15, -0.1) is 0 Å². The number of hydrogen-bond acceptors (Lipinski definition) is 8. The van der Waals surface area contributed by atoms with Gasteiger partial charge in [-0.2, -0.15) is 10.1 Å². The summed E-state index contributed by atoms with van der Waals surface area (Å²) in [5, 5.41) is 19.6. The lowest BCUT2D eigenvalue weighted by molar-refractivity contribution is -0.122. The summed E-state index contributed by atoms with van der Waals surface area (Å²) in [6.45, 7) is 1.89. The van der Waals surface area contributed by atoms with Crippen molar-refractivity contribution < 1.29 is 14.0 Å². The van der Waals surface area contributed by atoms with Gasteiger partial charge in [0, 0.05) is 48.1 Å². The molecule has 0 unspecified atom stereocenters. The van der Waals surface area contributed by atoms with Gasteiger partial charge in [-0.3, -0.25) is 14.7 Å². The first-order chi connectivity index (χ1) is 19.5. The molecule has 5 N–H and O–H groups in total. The molecule has 4 aromatic rings. The normalized spacial score (nSPS) is 13.4. The zero-order valence-electron chi connectivity index (χ0n) is 22.4. The third kappa shape index (κ3) is 7.92. The summed E-state index contributed by atoms with van der Waals surface area (Å²) in [6.07, 6.45) is 8.69. The van der Waals surface area contributed by atoms with Crippen LogP contribution in [-0.4, -0.2) is 32.0 Å². The van der Waals surface area contributed by atoms with Crippen molar-refractivity contribution in [3.05, 3.63) is 72.4 Å². The van der Waals surface area contributed by atoms with E-state index in [1.54, 1.807) is 24.6 Å². The molecule has 11 nitrogen and oxygen atoms in total. The van der Waals surface area contributed by atoms with Crippen molar-refractivity contribution in [2.45, 2.75) is 63.8 Å². The Balaban J connectivity index is 1.03. The fraction of sp³-hybridized carbons (Fsp3) is 0.345. The van der Waals surface area contributed by atoms with Crippen LogP contribution >= 0.6 is 0 Å². The molecule has 1 atom stereocenters. The second-order valence-corrected chi connectivity index (χ2v) is 9.99. The number of furan rings is 1. The molecular weight excluding hydrogens is 508 g/mol. The van der Waals surface area contributed by atoms with Crippen molar-refractivity contribution >= 4 is 40.8 Å². The summed E-state index contributed by atoms with van der Waals surface area (Å²) in [4.78, 5) is 33.4. The van der Waals surface area contributed by atoms with Gasteiger partial charge in [0.2, 0.25) is 17.8 Å². The molecule has 1 aromatic carbocycles. The monoisotopic (exact) mass is 542 g/mol. The Hall–Kier alpha value is -4.67. The van der Waals surface area contributed by atoms with Crippen LogP contribution in [0.2, 0.25) is 0 Å². The summed E-state index contributed by atoms with van der Waals surface area (Å²) in [7, 11) is 0. The van der Waals surface area contributed by atoms with Crippen LogP contribution in [0.1, 0.15) is 75.3 Å². The van der Waals surface area contributed by atoms with E-state index in [9.17, 15) is 9.59 Å². The maximum Gasteiger partial charge on any atom is 0.229 e. The molecule has 0 saturated heterocycles. The summed E-state index contributed by atoms with van der Waals surface area (Å²) in [5.41, 5.74) is 2.58. The van der Waals surface area contributed by atoms with Gasteiger partial charge in [0.1, 0.15) is 11.6 Å². The molecule has 208 valence electrons. The number of amides is 2. The van der Waals surface area contributed by atoms with Crippen LogP contribution in [0, 0.1) is 0 Å². The first kappa shape index (κ1) is 26.9. The topological polar surface area (TPSA) is 150 Å². The Bertz CT molecular complexity index is 1410. The fourth-order valence-electron chi connectivity index (χ4n) is 4.32. The van der Waals surface area contributed by atoms with E-state index in [1.807, 2.05) is 43.3 Å². The molecule has 1 aliphatic carbocycles. The molecule has 0 aliphatic heterocycles. The van der Waals surface area contributed by atoms with Gasteiger partial charge in [0.05, 0.1) is 12.3 Å². The number of unbranched alkanes of at least 4 members (excludes halogenated alkanes) is 2. The Labute approximate surface area is 232 Å². The maximum atomic E-state index is 12.5. The minimum absolute atomic E-state index is 0.0215. The molecule has 0 radical (unpaired) electrons. The smallest absolute Gasteiger partial charge is 0.229 e. The number of carbonyl (C=O) groups is 2. The Kier molecular flexibility index (Phi) is 8.69. The van der Waals surface area contributed by atoms with Crippen LogP contribution < -0.4 is 21.3 Å². The van der Waals surface area contributed by atoms with Crippen molar-refractivity contribution in [3.8, 4) is 0 Å². The lowest BCUT2D eigenvalue weighted by Crippen LogP contribution is -2.26. The molecular formula is C29H34N8O3. The number of aromatic nitrogens is 4. The quantitative estimate of drug-likeness (QED) is 0.123. The van der Waals surface area contributed by atoms with Crippen molar-refractivity contribution in [1.82, 2.24) is 25.5 Å². The molecule has 0 spiro atoms. The lowest BCUT2D eigenvalue weighted by Gasteiger charge is -2.11. The SMILES string of the molecule is C[C@@H](NC(=O)CCCCCC(=O)Nc1cccc(Nc2nccc(Nc3cc(C4CC4)[nH]n3)n2)c1)c1ccco1. The second kappa shape index (κ2) is 12.9. The van der Waals surface area contributed by atoms with Crippen molar-refractivity contribution in [1.29, 1.82) is 0 Å². The number of nitrogens with one attached hydrogen (secondary N) is 5. The molecule has 40 heavy (non-hydrogen) atoms. The minimum atomic E-state index is -0.160. The van der Waals surface area contributed by atoms with Crippen LogP contribution in [0.5, 0.6) is 0 Å². The van der Waals surface area contributed by atoms with Crippen molar-refractivity contribution in [2.24, 2.45) is 0 Å². The highest BCUT2D eigenvalue weighted by molar-refractivity contribution is 5.91. The van der Waals surface area contributed by atoms with Gasteiger partial charge in [0.15, 0.2) is 5.82 Å². The lowest BCUT2D eigenvalue weighted by atomic mass is 10.1. The highest BCUT2D eigenvalue weighted by Crippen LogP contribution is 2.39. The van der Waals surface area contributed by atoms with Crippen LogP contribution in [-0.2, 0) is 9.59 Å². The molecule has 1 aliphatic rings. The number of rotatable bonds is 14. The molecule has 11 heteroatoms. The van der Waals surface area contributed by atoms with E-state index in [1.165, 1.54) is 12.8 Å². The molecule has 1 fully saturated rings. The highest BCUT2D eigenvalue weighted by atomic mass is 16.3. The average molecular weight is 543 g/mol. The summed E-state index contributed by atoms with van der Waals surface area (Å²) in [5.74, 6) is 3.01. The van der Waals surface area contributed by atoms with Crippen LogP contribution in [0.4, 0.5) is 29.0 Å². The van der Waals surface area contributed by atoms with E-state index in [0.29, 0.717) is 42.6 Å². The number of aromatic amines is 1. The van der Waals surface area contributed by atoms with Crippen LogP contribution in [0.25, 0.3) is 0 Å². The third-order valence-electron chi connectivity index (χ3n) is 6.58. The van der Waals surface area contributed by atoms with E-state index in [-0.39, 0.29) is 17.9 Å². The van der Waals surface area contributed by atoms with Gasteiger partial charge in [-0.25, -0.2) is 4.98 Å². The number of benzene rings is 1. The van der Waals surface area contributed by atoms with Gasteiger partial charge in [-0.05, 0) is 69.0 Å². The molecule has 5 rings (SSSR count). The molecule has 1 saturated carbocycles. The molecule has 0 bridgehead atoms. The van der Waals surface area contributed by atoms with Gasteiger partial charge >= 0.3 is 0 Å². The molecule has 3 heterocycles. The Morgan fingerprint density at radius 2 is 1.80 bits per heavy atom. The zero-order valence-corrected chi connectivity index (χ0v) is 22.4. The van der Waals surface area contributed by atoms with Gasteiger partial charge < -0.3 is 25.7 Å².